The summed E-state index contributed by atoms with van der Waals surface area (Å²) in [7, 11) is 1.38. The first-order valence-electron chi connectivity index (χ1n) is 11.0. The molecule has 0 saturated carbocycles. The smallest absolute Gasteiger partial charge is 0.382 e. The molecule has 2 heterocycles. The van der Waals surface area contributed by atoms with Gasteiger partial charge in [0.2, 0.25) is 6.54 Å². The summed E-state index contributed by atoms with van der Waals surface area (Å²) in [5.41, 5.74) is -0.919. The zero-order valence-corrected chi connectivity index (χ0v) is 23.2. The molecule has 0 radical (unpaired) electrons. The SMILES string of the molecule is [C-]#[N+]CCOPO[C@@H]1C(OCCOC)[C@H](n2ccc(=O)[nH]c2=O)S[C@@H]1CC.[CH2-]CC.[CH2-]CC.[Ni+2]. The second-order valence-corrected chi connectivity index (χ2v) is 8.77. The number of hydrogen-bond acceptors (Lipinski definition) is 7. The minimum atomic E-state index is -0.480. The Labute approximate surface area is 219 Å². The van der Waals surface area contributed by atoms with E-state index in [2.05, 4.69) is 23.7 Å². The van der Waals surface area contributed by atoms with Crippen LogP contribution in [-0.2, 0) is 35.0 Å². The van der Waals surface area contributed by atoms with Gasteiger partial charge < -0.3 is 37.2 Å². The summed E-state index contributed by atoms with van der Waals surface area (Å²) < 4.78 is 23.8. The van der Waals surface area contributed by atoms with Crippen molar-refractivity contribution in [3.8, 4) is 0 Å². The molecule has 0 aromatic carbocycles. The quantitative estimate of drug-likeness (QED) is 0.189. The molecule has 1 aromatic rings. The number of rotatable bonds is 11. The summed E-state index contributed by atoms with van der Waals surface area (Å²) in [6, 6.07) is 1.32. The Morgan fingerprint density at radius 3 is 2.35 bits per heavy atom. The van der Waals surface area contributed by atoms with Gasteiger partial charge in [-0.25, -0.2) is 11.4 Å². The topological polar surface area (TPSA) is 96.1 Å². The van der Waals surface area contributed by atoms with Gasteiger partial charge in [-0.15, -0.1) is 11.8 Å². The molecule has 1 aromatic heterocycles. The predicted octanol–water partition coefficient (Wildman–Crippen LogP) is 3.88. The van der Waals surface area contributed by atoms with Crippen LogP contribution in [-0.4, -0.2) is 60.5 Å². The molecule has 0 bridgehead atoms. The van der Waals surface area contributed by atoms with Crippen molar-refractivity contribution < 1.29 is 35.0 Å². The van der Waals surface area contributed by atoms with E-state index < -0.39 is 17.4 Å². The van der Waals surface area contributed by atoms with E-state index in [1.54, 1.807) is 18.9 Å². The molecule has 198 valence electrons. The van der Waals surface area contributed by atoms with Crippen LogP contribution in [0.3, 0.4) is 0 Å². The van der Waals surface area contributed by atoms with Gasteiger partial charge in [0.25, 0.3) is 5.56 Å². The van der Waals surface area contributed by atoms with Gasteiger partial charge in [-0.3, -0.25) is 14.3 Å². The van der Waals surface area contributed by atoms with E-state index in [1.807, 2.05) is 20.8 Å². The van der Waals surface area contributed by atoms with Gasteiger partial charge in [0, 0.05) is 24.6 Å². The fraction of sp³-hybridized carbons (Fsp3) is 0.682. The van der Waals surface area contributed by atoms with E-state index >= 15 is 0 Å². The van der Waals surface area contributed by atoms with E-state index in [9.17, 15) is 9.59 Å². The Morgan fingerprint density at radius 2 is 1.82 bits per heavy atom. The molecule has 0 spiro atoms. The Hall–Kier alpha value is -0.716. The number of hydrogen-bond donors (Lipinski definition) is 1. The average molecular weight is 562 g/mol. The van der Waals surface area contributed by atoms with E-state index in [0.29, 0.717) is 19.8 Å². The van der Waals surface area contributed by atoms with Crippen LogP contribution in [0.5, 0.6) is 0 Å². The number of thioether (sulfide) groups is 1. The van der Waals surface area contributed by atoms with Crippen molar-refractivity contribution in [1.82, 2.24) is 9.55 Å². The average Bonchev–Trinajstić information content (AvgIpc) is 3.12. The molecule has 1 fully saturated rings. The van der Waals surface area contributed by atoms with Crippen LogP contribution in [0.1, 0.15) is 45.4 Å². The molecule has 12 heteroatoms. The van der Waals surface area contributed by atoms with Gasteiger partial charge in [-0.1, -0.05) is 20.8 Å². The van der Waals surface area contributed by atoms with Gasteiger partial charge in [0.05, 0.1) is 13.2 Å². The molecule has 2 unspecified atom stereocenters. The number of nitrogens with zero attached hydrogens (tertiary/aromatic N) is 2. The molecular weight excluding hydrogens is 524 g/mol. The Bertz CT molecular complexity index is 774. The predicted molar refractivity (Wildman–Crippen MR) is 136 cm³/mol. The minimum Gasteiger partial charge on any atom is -0.382 e. The van der Waals surface area contributed by atoms with Crippen molar-refractivity contribution in [2.24, 2.45) is 0 Å². The number of nitrogens with one attached hydrogen (secondary N) is 1. The third-order valence-corrected chi connectivity index (χ3v) is 6.37. The number of aromatic amines is 1. The molecule has 34 heavy (non-hydrogen) atoms. The Kier molecular flexibility index (Phi) is 23.7. The van der Waals surface area contributed by atoms with Crippen LogP contribution in [0.2, 0.25) is 0 Å². The fourth-order valence-electron chi connectivity index (χ4n) is 2.70. The molecule has 5 atom stereocenters. The molecule has 0 amide bonds. The van der Waals surface area contributed by atoms with Gasteiger partial charge in [-0.05, 0) is 6.42 Å². The zero-order chi connectivity index (χ0) is 25.1. The maximum Gasteiger partial charge on any atom is 2.00 e. The molecule has 1 aliphatic heterocycles. The maximum atomic E-state index is 12.3. The monoisotopic (exact) mass is 561 g/mol. The first kappa shape index (κ1) is 35.4. The summed E-state index contributed by atoms with van der Waals surface area (Å²) in [5, 5.41) is -0.243. The molecule has 1 N–H and O–H groups in total. The van der Waals surface area contributed by atoms with Crippen molar-refractivity contribution in [3.05, 3.63) is 58.4 Å². The normalized spacial score (nSPS) is 21.1. The van der Waals surface area contributed by atoms with Gasteiger partial charge >= 0.3 is 22.2 Å². The largest absolute Gasteiger partial charge is 2.00 e. The number of methoxy groups -OCH3 is 1. The van der Waals surface area contributed by atoms with Crippen LogP contribution in [0, 0.1) is 20.4 Å². The first-order chi connectivity index (χ1) is 15.9. The van der Waals surface area contributed by atoms with Crippen LogP contribution in [0.4, 0.5) is 0 Å². The molecule has 0 aliphatic carbocycles. The molecule has 1 saturated heterocycles. The van der Waals surface area contributed by atoms with Crippen LogP contribution in [0.25, 0.3) is 4.85 Å². The number of aromatic nitrogens is 2. The van der Waals surface area contributed by atoms with Crippen molar-refractivity contribution in [2.45, 2.75) is 62.9 Å². The summed E-state index contributed by atoms with van der Waals surface area (Å²) >= 11 is 1.58. The number of ether oxygens (including phenoxy) is 2. The third-order valence-electron chi connectivity index (χ3n) is 3.96. The van der Waals surface area contributed by atoms with E-state index in [1.165, 1.54) is 16.8 Å². The minimum absolute atomic E-state index is 0. The standard InChI is InChI=1S/C16H24N3O6PS.2C3H7.Ni/c1-4-11-13(25-26-24-8-6-17-2)14(23-10-9-22-3)15(27-11)19-7-5-12(20)18-16(19)21;2*1-3-2;/h5,7,11,13-15,26H,4,6,8-10H2,1,3H3,(H,18,20,21);2*1,3H2,2H3;/q;2*-1;+2/t11-,13+,14?,15-;;;/m1.../s1. The second-order valence-electron chi connectivity index (χ2n) is 6.71. The Balaban J connectivity index is 0. The van der Waals surface area contributed by atoms with E-state index in [0.717, 1.165) is 19.3 Å². The summed E-state index contributed by atoms with van der Waals surface area (Å²) in [4.78, 5) is 29.2. The van der Waals surface area contributed by atoms with Crippen LogP contribution < -0.4 is 11.2 Å². The van der Waals surface area contributed by atoms with Crippen molar-refractivity contribution in [3.63, 3.8) is 0 Å². The first-order valence-corrected chi connectivity index (χ1v) is 12.7. The van der Waals surface area contributed by atoms with Crippen molar-refractivity contribution in [2.75, 3.05) is 33.5 Å². The molecular formula is C22H38N3NiO6PS. The summed E-state index contributed by atoms with van der Waals surface area (Å²) in [5.74, 6) is 0. The maximum absolute atomic E-state index is 12.3. The number of H-pyrrole nitrogens is 1. The Morgan fingerprint density at radius 1 is 1.18 bits per heavy atom. The van der Waals surface area contributed by atoms with E-state index in [-0.39, 0.29) is 48.8 Å². The third kappa shape index (κ3) is 13.4. The fourth-order valence-corrected chi connectivity index (χ4v) is 5.05. The van der Waals surface area contributed by atoms with Gasteiger partial charge in [0.15, 0.2) is 9.03 Å². The van der Waals surface area contributed by atoms with Crippen LogP contribution in [0.15, 0.2) is 21.9 Å². The molecule has 2 rings (SSSR count). The zero-order valence-electron chi connectivity index (χ0n) is 20.4. The summed E-state index contributed by atoms with van der Waals surface area (Å²) in [6.45, 7) is 21.2. The second kappa shape index (κ2) is 22.7. The van der Waals surface area contributed by atoms with E-state index in [4.69, 9.17) is 25.1 Å². The van der Waals surface area contributed by atoms with Gasteiger partial charge in [-0.2, -0.15) is 12.8 Å². The van der Waals surface area contributed by atoms with Crippen molar-refractivity contribution in [1.29, 1.82) is 0 Å². The molecule has 9 nitrogen and oxygen atoms in total. The van der Waals surface area contributed by atoms with Gasteiger partial charge in [0.1, 0.15) is 24.2 Å². The molecule has 1 aliphatic rings. The van der Waals surface area contributed by atoms with Crippen LogP contribution >= 0.6 is 20.8 Å². The van der Waals surface area contributed by atoms with Crippen molar-refractivity contribution >= 4 is 20.8 Å². The summed E-state index contributed by atoms with van der Waals surface area (Å²) in [6.07, 6.45) is 3.61.